The Morgan fingerprint density at radius 1 is 1.33 bits per heavy atom. The zero-order chi connectivity index (χ0) is 15.2. The van der Waals surface area contributed by atoms with Crippen LogP contribution in [-0.4, -0.2) is 62.0 Å². The van der Waals surface area contributed by atoms with Crippen molar-refractivity contribution in [2.45, 2.75) is 31.7 Å². The van der Waals surface area contributed by atoms with Crippen molar-refractivity contribution in [3.63, 3.8) is 0 Å². The zero-order valence-corrected chi connectivity index (χ0v) is 12.4. The van der Waals surface area contributed by atoms with E-state index in [1.165, 1.54) is 7.11 Å². The largest absolute Gasteiger partial charge is 0.375 e. The van der Waals surface area contributed by atoms with Crippen molar-refractivity contribution in [2.75, 3.05) is 33.4 Å². The summed E-state index contributed by atoms with van der Waals surface area (Å²) < 4.78 is 4.78. The van der Waals surface area contributed by atoms with E-state index in [2.05, 4.69) is 10.6 Å². The first kappa shape index (κ1) is 15.8. The molecule has 0 aromatic heterocycles. The number of ether oxygens (including phenoxy) is 1. The van der Waals surface area contributed by atoms with E-state index in [0.717, 1.165) is 12.8 Å². The number of nitrogens with one attached hydrogen (secondary N) is 2. The molecule has 2 fully saturated rings. The van der Waals surface area contributed by atoms with Crippen molar-refractivity contribution in [1.82, 2.24) is 15.5 Å². The number of hydrogen-bond acceptors (Lipinski definition) is 4. The van der Waals surface area contributed by atoms with Crippen LogP contribution in [0, 0.1) is 5.92 Å². The highest BCUT2D eigenvalue weighted by Gasteiger charge is 2.30. The smallest absolute Gasteiger partial charge is 0.246 e. The predicted octanol–water partition coefficient (Wildman–Crippen LogP) is -0.734. The van der Waals surface area contributed by atoms with Crippen LogP contribution < -0.4 is 10.6 Å². The second-order valence-electron chi connectivity index (χ2n) is 5.64. The lowest BCUT2D eigenvalue weighted by molar-refractivity contribution is -0.138. The number of carbonyl (C=O) groups excluding carboxylic acids is 3. The Kier molecular flexibility index (Phi) is 5.55. The SMILES string of the molecule is COCC(=O)NC1CCN(C(=O)C2CCC(=O)NC2)CC1. The maximum atomic E-state index is 12.4. The predicted molar refractivity (Wildman–Crippen MR) is 75.4 cm³/mol. The van der Waals surface area contributed by atoms with E-state index >= 15 is 0 Å². The summed E-state index contributed by atoms with van der Waals surface area (Å²) in [5.41, 5.74) is 0. The second-order valence-corrected chi connectivity index (χ2v) is 5.64. The van der Waals surface area contributed by atoms with Crippen LogP contribution in [0.3, 0.4) is 0 Å². The average Bonchev–Trinajstić information content (AvgIpc) is 2.48. The van der Waals surface area contributed by atoms with Crippen LogP contribution >= 0.6 is 0 Å². The zero-order valence-electron chi connectivity index (χ0n) is 12.4. The van der Waals surface area contributed by atoms with E-state index < -0.39 is 0 Å². The van der Waals surface area contributed by atoms with Gasteiger partial charge in [-0.2, -0.15) is 0 Å². The Morgan fingerprint density at radius 3 is 2.62 bits per heavy atom. The maximum Gasteiger partial charge on any atom is 0.246 e. The number of piperidine rings is 2. The lowest BCUT2D eigenvalue weighted by Crippen LogP contribution is -2.50. The van der Waals surface area contributed by atoms with Crippen LogP contribution in [0.25, 0.3) is 0 Å². The van der Waals surface area contributed by atoms with E-state index in [-0.39, 0.29) is 36.3 Å². The van der Waals surface area contributed by atoms with Crippen LogP contribution in [0.2, 0.25) is 0 Å². The molecular weight excluding hydrogens is 274 g/mol. The molecule has 0 saturated carbocycles. The summed E-state index contributed by atoms with van der Waals surface area (Å²) in [5, 5.41) is 5.65. The van der Waals surface area contributed by atoms with Crippen molar-refractivity contribution < 1.29 is 19.1 Å². The fourth-order valence-electron chi connectivity index (χ4n) is 2.85. The van der Waals surface area contributed by atoms with Crippen LogP contribution in [0.1, 0.15) is 25.7 Å². The number of amides is 3. The number of methoxy groups -OCH3 is 1. The van der Waals surface area contributed by atoms with Gasteiger partial charge in [0.1, 0.15) is 6.61 Å². The second kappa shape index (κ2) is 7.40. The van der Waals surface area contributed by atoms with E-state index in [9.17, 15) is 14.4 Å². The molecule has 2 rings (SSSR count). The molecule has 0 aromatic carbocycles. The third-order valence-corrected chi connectivity index (χ3v) is 4.06. The molecule has 0 aromatic rings. The molecule has 0 radical (unpaired) electrons. The summed E-state index contributed by atoms with van der Waals surface area (Å²) in [7, 11) is 1.49. The van der Waals surface area contributed by atoms with Gasteiger partial charge in [0.05, 0.1) is 5.92 Å². The van der Waals surface area contributed by atoms with Crippen molar-refractivity contribution in [3.8, 4) is 0 Å². The van der Waals surface area contributed by atoms with Gasteiger partial charge in [0.2, 0.25) is 17.7 Å². The molecule has 2 aliphatic rings. The maximum absolute atomic E-state index is 12.4. The van der Waals surface area contributed by atoms with Gasteiger partial charge in [0.15, 0.2) is 0 Å². The number of carbonyl (C=O) groups is 3. The summed E-state index contributed by atoms with van der Waals surface area (Å²) in [5.74, 6) is -0.0603. The molecule has 1 unspecified atom stereocenters. The molecule has 0 bridgehead atoms. The molecule has 2 heterocycles. The lowest BCUT2D eigenvalue weighted by Gasteiger charge is -2.35. The third kappa shape index (κ3) is 4.42. The Balaban J connectivity index is 1.74. The molecule has 2 aliphatic heterocycles. The number of nitrogens with zero attached hydrogens (tertiary/aromatic N) is 1. The van der Waals surface area contributed by atoms with E-state index in [4.69, 9.17) is 4.74 Å². The molecule has 1 atom stereocenters. The highest BCUT2D eigenvalue weighted by Crippen LogP contribution is 2.18. The molecule has 21 heavy (non-hydrogen) atoms. The molecule has 7 nitrogen and oxygen atoms in total. The molecule has 3 amide bonds. The first-order chi connectivity index (χ1) is 10.1. The van der Waals surface area contributed by atoms with Gasteiger partial charge in [-0.3, -0.25) is 14.4 Å². The Bertz CT molecular complexity index is 395. The summed E-state index contributed by atoms with van der Waals surface area (Å²) in [6.45, 7) is 1.82. The van der Waals surface area contributed by atoms with Crippen molar-refractivity contribution in [2.24, 2.45) is 5.92 Å². The number of hydrogen-bond donors (Lipinski definition) is 2. The Morgan fingerprint density at radius 2 is 2.05 bits per heavy atom. The van der Waals surface area contributed by atoms with Crippen molar-refractivity contribution in [1.29, 1.82) is 0 Å². The Labute approximate surface area is 124 Å². The number of likely N-dealkylation sites (tertiary alicyclic amines) is 1. The quantitative estimate of drug-likeness (QED) is 0.716. The topological polar surface area (TPSA) is 87.7 Å². The molecular formula is C14H23N3O4. The van der Waals surface area contributed by atoms with Gasteiger partial charge in [0.25, 0.3) is 0 Å². The van der Waals surface area contributed by atoms with Crippen LogP contribution in [-0.2, 0) is 19.1 Å². The molecule has 0 aliphatic carbocycles. The van der Waals surface area contributed by atoms with Crippen molar-refractivity contribution >= 4 is 17.7 Å². The van der Waals surface area contributed by atoms with Gasteiger partial charge in [0, 0.05) is 39.2 Å². The lowest BCUT2D eigenvalue weighted by atomic mass is 9.96. The minimum absolute atomic E-state index is 0.0265. The van der Waals surface area contributed by atoms with Crippen LogP contribution in [0.15, 0.2) is 0 Å². The summed E-state index contributed by atoms with van der Waals surface area (Å²) >= 11 is 0. The summed E-state index contributed by atoms with van der Waals surface area (Å²) in [6.07, 6.45) is 2.59. The number of rotatable bonds is 4. The van der Waals surface area contributed by atoms with Crippen LogP contribution in [0.5, 0.6) is 0 Å². The standard InChI is InChI=1S/C14H23N3O4/c1-21-9-13(19)16-11-4-6-17(7-5-11)14(20)10-2-3-12(18)15-8-10/h10-11H,2-9H2,1H3,(H,15,18)(H,16,19). The minimum Gasteiger partial charge on any atom is -0.375 e. The first-order valence-corrected chi connectivity index (χ1v) is 7.44. The molecule has 2 N–H and O–H groups in total. The normalized spacial score (nSPS) is 23.6. The van der Waals surface area contributed by atoms with E-state index in [1.807, 2.05) is 4.90 Å². The molecule has 0 spiro atoms. The molecule has 2 saturated heterocycles. The van der Waals surface area contributed by atoms with E-state index in [1.54, 1.807) is 0 Å². The molecule has 7 heteroatoms. The van der Waals surface area contributed by atoms with E-state index in [0.29, 0.717) is 32.5 Å². The third-order valence-electron chi connectivity index (χ3n) is 4.06. The molecule has 118 valence electrons. The van der Waals surface area contributed by atoms with Gasteiger partial charge in [-0.05, 0) is 19.3 Å². The Hall–Kier alpha value is -1.63. The fraction of sp³-hybridized carbons (Fsp3) is 0.786. The average molecular weight is 297 g/mol. The first-order valence-electron chi connectivity index (χ1n) is 7.44. The van der Waals surface area contributed by atoms with Gasteiger partial charge < -0.3 is 20.3 Å². The fourth-order valence-corrected chi connectivity index (χ4v) is 2.85. The van der Waals surface area contributed by atoms with Gasteiger partial charge in [-0.15, -0.1) is 0 Å². The highest BCUT2D eigenvalue weighted by molar-refractivity contribution is 5.84. The van der Waals surface area contributed by atoms with Crippen molar-refractivity contribution in [3.05, 3.63) is 0 Å². The monoisotopic (exact) mass is 297 g/mol. The van der Waals surface area contributed by atoms with Gasteiger partial charge >= 0.3 is 0 Å². The summed E-state index contributed by atoms with van der Waals surface area (Å²) in [6, 6.07) is 0.114. The summed E-state index contributed by atoms with van der Waals surface area (Å²) in [4.78, 5) is 36.8. The van der Waals surface area contributed by atoms with Gasteiger partial charge in [-0.25, -0.2) is 0 Å². The van der Waals surface area contributed by atoms with Crippen LogP contribution in [0.4, 0.5) is 0 Å². The van der Waals surface area contributed by atoms with Gasteiger partial charge in [-0.1, -0.05) is 0 Å². The highest BCUT2D eigenvalue weighted by atomic mass is 16.5. The minimum atomic E-state index is -0.114.